The van der Waals surface area contributed by atoms with Crippen molar-refractivity contribution in [3.63, 3.8) is 0 Å². The Labute approximate surface area is 187 Å². The second kappa shape index (κ2) is 8.70. The van der Waals surface area contributed by atoms with E-state index < -0.39 is 6.04 Å². The molecule has 0 bridgehead atoms. The van der Waals surface area contributed by atoms with Crippen LogP contribution >= 0.6 is 0 Å². The first kappa shape index (κ1) is 21.4. The molecule has 0 spiro atoms. The van der Waals surface area contributed by atoms with Gasteiger partial charge < -0.3 is 14.6 Å². The molecule has 1 atom stereocenters. The maximum Gasteiger partial charge on any atom is 0.322 e. The molecule has 4 rings (SSSR count). The Hall–Kier alpha value is -3.87. The first-order valence-electron chi connectivity index (χ1n) is 10.4. The highest BCUT2D eigenvalue weighted by molar-refractivity contribution is 5.87. The van der Waals surface area contributed by atoms with Gasteiger partial charge in [0.1, 0.15) is 5.75 Å². The zero-order chi connectivity index (χ0) is 22.8. The minimum Gasteiger partial charge on any atom is -0.497 e. The summed E-state index contributed by atoms with van der Waals surface area (Å²) in [5.74, 6) is 1.52. The molecule has 1 aliphatic heterocycles. The summed E-state index contributed by atoms with van der Waals surface area (Å²) in [6, 6.07) is 13.0. The van der Waals surface area contributed by atoms with Gasteiger partial charge in [-0.2, -0.15) is 4.98 Å². The Morgan fingerprint density at radius 2 is 2.00 bits per heavy atom. The number of nitrogens with zero attached hydrogens (tertiary/aromatic N) is 3. The lowest BCUT2D eigenvalue weighted by Crippen LogP contribution is -2.46. The van der Waals surface area contributed by atoms with Gasteiger partial charge in [-0.3, -0.25) is 4.90 Å². The van der Waals surface area contributed by atoms with Gasteiger partial charge in [-0.25, -0.2) is 4.79 Å². The molecule has 2 amide bonds. The van der Waals surface area contributed by atoms with E-state index in [2.05, 4.69) is 48.0 Å². The zero-order valence-corrected chi connectivity index (χ0v) is 18.7. The Kier molecular flexibility index (Phi) is 5.81. The number of rotatable bonds is 6. The summed E-state index contributed by atoms with van der Waals surface area (Å²) in [7, 11) is 1.61. The molecule has 0 saturated heterocycles. The largest absolute Gasteiger partial charge is 0.497 e. The highest BCUT2D eigenvalue weighted by atomic mass is 16.5. The van der Waals surface area contributed by atoms with E-state index in [1.165, 1.54) is 5.56 Å². The predicted molar refractivity (Wildman–Crippen MR) is 123 cm³/mol. The predicted octanol–water partition coefficient (Wildman–Crippen LogP) is 5.05. The van der Waals surface area contributed by atoms with Crippen molar-refractivity contribution >= 4 is 11.6 Å². The summed E-state index contributed by atoms with van der Waals surface area (Å²) in [6.45, 7) is 10.1. The maximum absolute atomic E-state index is 12.9. The van der Waals surface area contributed by atoms with Crippen molar-refractivity contribution in [3.05, 3.63) is 83.4 Å². The van der Waals surface area contributed by atoms with Crippen molar-refractivity contribution in [2.24, 2.45) is 0 Å². The minimum absolute atomic E-state index is 0.193. The van der Waals surface area contributed by atoms with Crippen LogP contribution in [-0.4, -0.2) is 34.7 Å². The number of amides is 2. The third kappa shape index (κ3) is 3.89. The van der Waals surface area contributed by atoms with Gasteiger partial charge in [-0.15, -0.1) is 6.58 Å². The number of methoxy groups -OCH3 is 1. The Balaban J connectivity index is 1.83. The van der Waals surface area contributed by atoms with Crippen LogP contribution in [0.5, 0.6) is 5.75 Å². The lowest BCUT2D eigenvalue weighted by Gasteiger charge is -2.34. The number of aromatic nitrogens is 2. The lowest BCUT2D eigenvalue weighted by atomic mass is 9.92. The van der Waals surface area contributed by atoms with Gasteiger partial charge in [-0.1, -0.05) is 41.6 Å². The molecule has 1 N–H and O–H groups in total. The molecule has 32 heavy (non-hydrogen) atoms. The molecule has 3 aromatic rings. The van der Waals surface area contributed by atoms with E-state index in [4.69, 9.17) is 9.26 Å². The van der Waals surface area contributed by atoms with E-state index in [0.717, 1.165) is 28.0 Å². The number of aryl methyl sites for hydroxylation is 2. The van der Waals surface area contributed by atoms with Crippen LogP contribution in [-0.2, 0) is 0 Å². The molecule has 0 aliphatic carbocycles. The van der Waals surface area contributed by atoms with Crippen LogP contribution in [0.1, 0.15) is 35.5 Å². The van der Waals surface area contributed by atoms with Crippen LogP contribution < -0.4 is 10.1 Å². The molecule has 0 fully saturated rings. The minimum atomic E-state index is -0.415. The number of nitrogens with one attached hydrogen (secondary N) is 1. The van der Waals surface area contributed by atoms with Gasteiger partial charge >= 0.3 is 6.03 Å². The Morgan fingerprint density at radius 3 is 2.72 bits per heavy atom. The van der Waals surface area contributed by atoms with E-state index in [9.17, 15) is 4.79 Å². The topological polar surface area (TPSA) is 80.5 Å². The molecule has 2 aromatic carbocycles. The van der Waals surface area contributed by atoms with E-state index in [1.54, 1.807) is 18.1 Å². The van der Waals surface area contributed by atoms with Crippen LogP contribution in [0.2, 0.25) is 0 Å². The number of hydrogen-bond donors (Lipinski definition) is 1. The fourth-order valence-electron chi connectivity index (χ4n) is 3.81. The number of benzene rings is 2. The number of hydrogen-bond acceptors (Lipinski definition) is 5. The zero-order valence-electron chi connectivity index (χ0n) is 18.7. The standard InChI is InChI=1S/C25H26N4O3/c1-6-12-29-17(4)21(22(26-25(29)30)18-11-10-15(2)16(3)13-18)24-27-23(28-32-24)19-8-7-9-20(14-19)31-5/h6-11,13-14,22H,1,12H2,2-5H3,(H,26,30). The average Bonchev–Trinajstić information content (AvgIpc) is 3.28. The van der Waals surface area contributed by atoms with Crippen molar-refractivity contribution in [2.45, 2.75) is 26.8 Å². The van der Waals surface area contributed by atoms with E-state index in [1.807, 2.05) is 37.3 Å². The van der Waals surface area contributed by atoms with Crippen molar-refractivity contribution in [1.29, 1.82) is 0 Å². The van der Waals surface area contributed by atoms with Gasteiger partial charge in [0.05, 0.1) is 18.7 Å². The highest BCUT2D eigenvalue weighted by Gasteiger charge is 2.35. The molecular weight excluding hydrogens is 404 g/mol. The van der Waals surface area contributed by atoms with Crippen molar-refractivity contribution in [1.82, 2.24) is 20.4 Å². The fraction of sp³-hybridized carbons (Fsp3) is 0.240. The summed E-state index contributed by atoms with van der Waals surface area (Å²) in [6.07, 6.45) is 1.69. The third-order valence-corrected chi connectivity index (χ3v) is 5.76. The monoisotopic (exact) mass is 430 g/mol. The molecular formula is C25H26N4O3. The van der Waals surface area contributed by atoms with Crippen LogP contribution in [0, 0.1) is 13.8 Å². The van der Waals surface area contributed by atoms with Gasteiger partial charge in [0, 0.05) is 17.8 Å². The third-order valence-electron chi connectivity index (χ3n) is 5.76. The molecule has 1 unspecified atom stereocenters. The molecule has 7 heteroatoms. The number of carbonyl (C=O) groups is 1. The molecule has 1 aromatic heterocycles. The number of urea groups is 1. The van der Waals surface area contributed by atoms with Crippen LogP contribution in [0.15, 0.2) is 65.3 Å². The second-order valence-corrected chi connectivity index (χ2v) is 7.78. The Bertz CT molecular complexity index is 1210. The smallest absolute Gasteiger partial charge is 0.322 e. The lowest BCUT2D eigenvalue weighted by molar-refractivity contribution is 0.209. The van der Waals surface area contributed by atoms with Gasteiger partial charge in [0.2, 0.25) is 5.82 Å². The first-order chi connectivity index (χ1) is 15.4. The summed E-state index contributed by atoms with van der Waals surface area (Å²) >= 11 is 0. The summed E-state index contributed by atoms with van der Waals surface area (Å²) in [4.78, 5) is 19.1. The fourth-order valence-corrected chi connectivity index (χ4v) is 3.81. The van der Waals surface area contributed by atoms with Crippen molar-refractivity contribution < 1.29 is 14.1 Å². The van der Waals surface area contributed by atoms with Crippen LogP contribution in [0.25, 0.3) is 17.0 Å². The quantitative estimate of drug-likeness (QED) is 0.554. The van der Waals surface area contributed by atoms with E-state index in [0.29, 0.717) is 24.0 Å². The molecule has 1 aliphatic rings. The highest BCUT2D eigenvalue weighted by Crippen LogP contribution is 2.38. The first-order valence-corrected chi connectivity index (χ1v) is 10.4. The van der Waals surface area contributed by atoms with E-state index >= 15 is 0 Å². The summed E-state index contributed by atoms with van der Waals surface area (Å²) in [5, 5.41) is 7.29. The molecule has 2 heterocycles. The normalized spacial score (nSPS) is 16.2. The molecule has 164 valence electrons. The average molecular weight is 431 g/mol. The van der Waals surface area contributed by atoms with Gasteiger partial charge in [0.25, 0.3) is 5.89 Å². The second-order valence-electron chi connectivity index (χ2n) is 7.78. The number of ether oxygens (including phenoxy) is 1. The molecule has 7 nitrogen and oxygen atoms in total. The Morgan fingerprint density at radius 1 is 1.19 bits per heavy atom. The van der Waals surface area contributed by atoms with Crippen molar-refractivity contribution in [2.75, 3.05) is 13.7 Å². The van der Waals surface area contributed by atoms with Gasteiger partial charge in [-0.05, 0) is 49.6 Å². The van der Waals surface area contributed by atoms with Crippen molar-refractivity contribution in [3.8, 4) is 17.1 Å². The number of carbonyl (C=O) groups excluding carboxylic acids is 1. The summed E-state index contributed by atoms with van der Waals surface area (Å²) in [5.41, 5.74) is 5.57. The van der Waals surface area contributed by atoms with Crippen LogP contribution in [0.3, 0.4) is 0 Å². The van der Waals surface area contributed by atoms with Gasteiger partial charge in [0.15, 0.2) is 0 Å². The SMILES string of the molecule is C=CCN1C(=O)NC(c2ccc(C)c(C)c2)C(c2nc(-c3cccc(OC)c3)no2)=C1C. The van der Waals surface area contributed by atoms with E-state index in [-0.39, 0.29) is 6.03 Å². The maximum atomic E-state index is 12.9. The van der Waals surface area contributed by atoms with Crippen LogP contribution in [0.4, 0.5) is 4.79 Å². The molecule has 0 radical (unpaired) electrons. The number of allylic oxidation sites excluding steroid dienone is 1. The summed E-state index contributed by atoms with van der Waals surface area (Å²) < 4.78 is 11.0. The molecule has 0 saturated carbocycles.